The van der Waals surface area contributed by atoms with Gasteiger partial charge < -0.3 is 14.6 Å². The normalized spacial score (nSPS) is 15.5. The van der Waals surface area contributed by atoms with E-state index in [9.17, 15) is 9.90 Å². The van der Waals surface area contributed by atoms with Gasteiger partial charge in [-0.1, -0.05) is 36.8 Å². The number of aryl methyl sites for hydroxylation is 1. The van der Waals surface area contributed by atoms with Crippen LogP contribution in [0, 0.1) is 0 Å². The number of fused-ring (bicyclic) bond motifs is 1. The third kappa shape index (κ3) is 5.23. The van der Waals surface area contributed by atoms with E-state index in [4.69, 9.17) is 9.47 Å². The molecule has 2 heterocycles. The maximum atomic E-state index is 10.8. The lowest BCUT2D eigenvalue weighted by Gasteiger charge is -2.38. The SMILES string of the molecule is COc1cc2c(cc1OC)C(c1ccccc1)N(CCCCCc1cnc(C=O)c(O)c1)CC2. The van der Waals surface area contributed by atoms with Crippen LogP contribution in [0.25, 0.3) is 0 Å². The first-order chi connectivity index (χ1) is 16.6. The van der Waals surface area contributed by atoms with Gasteiger partial charge in [-0.05, 0) is 72.7 Å². The molecule has 1 aromatic heterocycles. The van der Waals surface area contributed by atoms with Crippen molar-refractivity contribution >= 4 is 6.29 Å². The van der Waals surface area contributed by atoms with E-state index < -0.39 is 0 Å². The minimum absolute atomic E-state index is 0.0442. The third-order valence-electron chi connectivity index (χ3n) is 6.57. The number of carbonyl (C=O) groups excluding carboxylic acids is 1. The molecule has 0 amide bonds. The molecular formula is C28H32N2O4. The van der Waals surface area contributed by atoms with E-state index in [1.54, 1.807) is 26.5 Å². The molecule has 0 saturated heterocycles. The topological polar surface area (TPSA) is 71.9 Å². The Labute approximate surface area is 201 Å². The Morgan fingerprint density at radius 3 is 2.53 bits per heavy atom. The number of aromatic nitrogens is 1. The summed E-state index contributed by atoms with van der Waals surface area (Å²) in [6, 6.07) is 16.7. The first-order valence-corrected chi connectivity index (χ1v) is 11.8. The van der Waals surface area contributed by atoms with Crippen LogP contribution in [0.3, 0.4) is 0 Å². The number of pyridine rings is 1. The monoisotopic (exact) mass is 460 g/mol. The molecule has 0 fully saturated rings. The van der Waals surface area contributed by atoms with Crippen molar-refractivity contribution in [3.05, 3.63) is 82.7 Å². The van der Waals surface area contributed by atoms with Crippen molar-refractivity contribution in [1.29, 1.82) is 0 Å². The number of methoxy groups -OCH3 is 2. The number of nitrogens with zero attached hydrogens (tertiary/aromatic N) is 2. The lowest BCUT2D eigenvalue weighted by atomic mass is 9.87. The minimum Gasteiger partial charge on any atom is -0.506 e. The van der Waals surface area contributed by atoms with Crippen LogP contribution in [0.4, 0.5) is 0 Å². The Balaban J connectivity index is 1.44. The average molecular weight is 461 g/mol. The van der Waals surface area contributed by atoms with Gasteiger partial charge in [0.05, 0.1) is 20.3 Å². The number of rotatable bonds is 10. The minimum atomic E-state index is -0.0442. The van der Waals surface area contributed by atoms with Gasteiger partial charge in [0.2, 0.25) is 0 Å². The maximum Gasteiger partial charge on any atom is 0.172 e. The number of benzene rings is 2. The molecule has 4 rings (SSSR count). The van der Waals surface area contributed by atoms with Crippen molar-refractivity contribution in [2.45, 2.75) is 38.1 Å². The van der Waals surface area contributed by atoms with Gasteiger partial charge in [0.1, 0.15) is 11.4 Å². The lowest BCUT2D eigenvalue weighted by molar-refractivity contribution is 0.111. The van der Waals surface area contributed by atoms with Gasteiger partial charge in [-0.2, -0.15) is 0 Å². The number of aromatic hydroxyl groups is 1. The number of unbranched alkanes of at least 4 members (excludes halogenated alkanes) is 2. The summed E-state index contributed by atoms with van der Waals surface area (Å²) in [7, 11) is 3.37. The molecule has 6 heteroatoms. The molecular weight excluding hydrogens is 428 g/mol. The average Bonchev–Trinajstić information content (AvgIpc) is 2.88. The van der Waals surface area contributed by atoms with Crippen LogP contribution in [0.1, 0.15) is 58.0 Å². The maximum absolute atomic E-state index is 10.8. The van der Waals surface area contributed by atoms with E-state index >= 15 is 0 Å². The van der Waals surface area contributed by atoms with Crippen molar-refractivity contribution in [3.63, 3.8) is 0 Å². The predicted molar refractivity (Wildman–Crippen MR) is 132 cm³/mol. The first-order valence-electron chi connectivity index (χ1n) is 11.8. The molecule has 0 saturated carbocycles. The van der Waals surface area contributed by atoms with E-state index in [0.29, 0.717) is 6.29 Å². The largest absolute Gasteiger partial charge is 0.506 e. The Hall–Kier alpha value is -3.38. The van der Waals surface area contributed by atoms with Crippen molar-refractivity contribution < 1.29 is 19.4 Å². The van der Waals surface area contributed by atoms with Crippen LogP contribution >= 0.6 is 0 Å². The van der Waals surface area contributed by atoms with Crippen LogP contribution in [0.15, 0.2) is 54.7 Å². The zero-order chi connectivity index (χ0) is 23.9. The molecule has 1 atom stereocenters. The van der Waals surface area contributed by atoms with Gasteiger partial charge in [0, 0.05) is 12.7 Å². The zero-order valence-corrected chi connectivity index (χ0v) is 19.9. The first kappa shape index (κ1) is 23.8. The molecule has 1 aliphatic heterocycles. The highest BCUT2D eigenvalue weighted by Crippen LogP contribution is 2.41. The van der Waals surface area contributed by atoms with E-state index in [0.717, 1.165) is 62.3 Å². The second-order valence-corrected chi connectivity index (χ2v) is 8.68. The Bertz CT molecular complexity index is 1120. The van der Waals surface area contributed by atoms with E-state index in [1.165, 1.54) is 16.7 Å². The number of ether oxygens (including phenoxy) is 2. The predicted octanol–water partition coefficient (Wildman–Crippen LogP) is 4.98. The molecule has 0 bridgehead atoms. The molecule has 2 aromatic carbocycles. The van der Waals surface area contributed by atoms with E-state index in [1.807, 2.05) is 0 Å². The van der Waals surface area contributed by atoms with Crippen molar-refractivity contribution in [2.24, 2.45) is 0 Å². The molecule has 1 aliphatic rings. The van der Waals surface area contributed by atoms with Crippen LogP contribution in [0.5, 0.6) is 17.2 Å². The Morgan fingerprint density at radius 2 is 1.82 bits per heavy atom. The Kier molecular flexibility index (Phi) is 7.80. The summed E-state index contributed by atoms with van der Waals surface area (Å²) in [6.45, 7) is 1.99. The number of carbonyl (C=O) groups is 1. The second-order valence-electron chi connectivity index (χ2n) is 8.68. The fourth-order valence-electron chi connectivity index (χ4n) is 4.82. The van der Waals surface area contributed by atoms with Gasteiger partial charge in [0.15, 0.2) is 17.8 Å². The fourth-order valence-corrected chi connectivity index (χ4v) is 4.82. The molecule has 1 N–H and O–H groups in total. The summed E-state index contributed by atoms with van der Waals surface area (Å²) in [5, 5.41) is 9.83. The quantitative estimate of drug-likeness (QED) is 0.340. The molecule has 0 radical (unpaired) electrons. The number of hydrogen-bond donors (Lipinski definition) is 1. The zero-order valence-electron chi connectivity index (χ0n) is 19.9. The standard InChI is InChI=1S/C28H32N2O4/c1-33-26-16-22-12-14-30(13-8-4-5-9-20-15-25(32)24(19-31)29-18-20)28(21-10-6-3-7-11-21)23(22)17-27(26)34-2/h3,6-7,10-11,15-19,28,32H,4-5,8-9,12-14H2,1-2H3. The van der Waals surface area contributed by atoms with Crippen LogP contribution in [-0.4, -0.2) is 48.6 Å². The van der Waals surface area contributed by atoms with Crippen molar-refractivity contribution in [3.8, 4) is 17.2 Å². The molecule has 178 valence electrons. The van der Waals surface area contributed by atoms with E-state index in [2.05, 4.69) is 52.3 Å². The summed E-state index contributed by atoms with van der Waals surface area (Å²) >= 11 is 0. The lowest BCUT2D eigenvalue weighted by Crippen LogP contribution is -2.36. The summed E-state index contributed by atoms with van der Waals surface area (Å²) in [6.07, 6.45) is 7.23. The number of hydrogen-bond acceptors (Lipinski definition) is 6. The van der Waals surface area contributed by atoms with Gasteiger partial charge in [0.25, 0.3) is 0 Å². The van der Waals surface area contributed by atoms with Crippen molar-refractivity contribution in [2.75, 3.05) is 27.3 Å². The third-order valence-corrected chi connectivity index (χ3v) is 6.57. The highest BCUT2D eigenvalue weighted by atomic mass is 16.5. The van der Waals surface area contributed by atoms with E-state index in [-0.39, 0.29) is 17.5 Å². The van der Waals surface area contributed by atoms with Gasteiger partial charge in [-0.25, -0.2) is 4.98 Å². The molecule has 3 aromatic rings. The molecule has 1 unspecified atom stereocenters. The summed E-state index contributed by atoms with van der Waals surface area (Å²) in [5.74, 6) is 1.50. The fraction of sp³-hybridized carbons (Fsp3) is 0.357. The second kappa shape index (κ2) is 11.2. The Morgan fingerprint density at radius 1 is 1.06 bits per heavy atom. The summed E-state index contributed by atoms with van der Waals surface area (Å²) < 4.78 is 11.2. The van der Waals surface area contributed by atoms with Crippen LogP contribution in [0.2, 0.25) is 0 Å². The number of aldehydes is 1. The highest BCUT2D eigenvalue weighted by molar-refractivity contribution is 5.75. The van der Waals surface area contributed by atoms with Gasteiger partial charge in [-0.15, -0.1) is 0 Å². The van der Waals surface area contributed by atoms with Gasteiger partial charge in [-0.3, -0.25) is 9.69 Å². The van der Waals surface area contributed by atoms with Crippen LogP contribution < -0.4 is 9.47 Å². The molecule has 34 heavy (non-hydrogen) atoms. The molecule has 0 spiro atoms. The van der Waals surface area contributed by atoms with Crippen LogP contribution in [-0.2, 0) is 12.8 Å². The highest BCUT2D eigenvalue weighted by Gasteiger charge is 2.30. The summed E-state index contributed by atoms with van der Waals surface area (Å²) in [5.41, 5.74) is 4.93. The van der Waals surface area contributed by atoms with Gasteiger partial charge >= 0.3 is 0 Å². The molecule has 6 nitrogen and oxygen atoms in total. The van der Waals surface area contributed by atoms with Crippen molar-refractivity contribution in [1.82, 2.24) is 9.88 Å². The molecule has 0 aliphatic carbocycles. The smallest absolute Gasteiger partial charge is 0.172 e. The summed E-state index contributed by atoms with van der Waals surface area (Å²) in [4.78, 5) is 17.4.